The lowest BCUT2D eigenvalue weighted by molar-refractivity contribution is -0.924. The monoisotopic (exact) mass is 416 g/mol. The van der Waals surface area contributed by atoms with Crippen molar-refractivity contribution in [2.24, 2.45) is 0 Å². The number of nitrogens with one attached hydrogen (secondary N) is 2. The molecule has 1 aromatic heterocycles. The Morgan fingerprint density at radius 2 is 1.79 bits per heavy atom. The van der Waals surface area contributed by atoms with Gasteiger partial charge in [0.2, 0.25) is 5.13 Å². The van der Waals surface area contributed by atoms with Crippen LogP contribution in [0.3, 0.4) is 0 Å². The van der Waals surface area contributed by atoms with Gasteiger partial charge in [-0.3, -0.25) is 0 Å². The molecule has 2 N–H and O–H groups in total. The Morgan fingerprint density at radius 1 is 1.11 bits per heavy atom. The van der Waals surface area contributed by atoms with E-state index in [-0.39, 0.29) is 5.82 Å². The summed E-state index contributed by atoms with van der Waals surface area (Å²) >= 11 is 7.01. The van der Waals surface area contributed by atoms with Crippen molar-refractivity contribution in [3.63, 3.8) is 0 Å². The molecule has 0 spiro atoms. The fraction of sp³-hybridized carbons (Fsp3) is 0.300. The minimum Gasteiger partial charge on any atom is -0.360 e. The molecule has 4 rings (SSSR count). The topological polar surface area (TPSA) is 37.5 Å². The third kappa shape index (κ3) is 4.57. The molecule has 3 aromatic rings. The summed E-state index contributed by atoms with van der Waals surface area (Å²) in [4.78, 5) is 3.75. The molecule has 1 fully saturated rings. The molecule has 28 heavy (non-hydrogen) atoms. The van der Waals surface area contributed by atoms with E-state index in [0.29, 0.717) is 0 Å². The Kier molecular flexibility index (Phi) is 5.70. The number of hydrogen-bond acceptors (Lipinski definition) is 5. The van der Waals surface area contributed by atoms with Gasteiger partial charge in [0, 0.05) is 11.4 Å². The van der Waals surface area contributed by atoms with Crippen molar-refractivity contribution < 1.29 is 9.29 Å². The number of benzene rings is 2. The highest BCUT2D eigenvalue weighted by molar-refractivity contribution is 7.73. The summed E-state index contributed by atoms with van der Waals surface area (Å²) in [5, 5.41) is 8.80. The zero-order valence-electron chi connectivity index (χ0n) is 15.7. The number of hydrogen-bond donors (Lipinski definition) is 2. The molecule has 0 radical (unpaired) electrons. The van der Waals surface area contributed by atoms with E-state index < -0.39 is 0 Å². The zero-order valence-corrected chi connectivity index (χ0v) is 17.3. The Labute approximate surface area is 173 Å². The Morgan fingerprint density at radius 3 is 2.46 bits per heavy atom. The van der Waals surface area contributed by atoms with Crippen molar-refractivity contribution in [1.82, 2.24) is 9.78 Å². The minimum absolute atomic E-state index is 0.194. The molecule has 1 aliphatic heterocycles. The summed E-state index contributed by atoms with van der Waals surface area (Å²) in [5.74, 6) is -0.194. The molecule has 0 unspecified atom stereocenters. The number of nitrogens with zero attached hydrogens (tertiary/aromatic N) is 3. The third-order valence-corrected chi connectivity index (χ3v) is 6.17. The smallest absolute Gasteiger partial charge is 0.209 e. The van der Waals surface area contributed by atoms with Crippen LogP contribution in [0.2, 0.25) is 0 Å². The maximum Gasteiger partial charge on any atom is 0.209 e. The number of piperazine rings is 1. The molecule has 8 heteroatoms. The standard InChI is InChI=1S/C20H22FN5S2/c1-15-2-6-17(7-3-15)22-19-23-26(20(27)28-19)14-24-10-12-25(13-11-24)18-8-4-16(21)5-9-18/h2-9H,10-14H2,1H3,(H,22,23)/p+1. The first kappa shape index (κ1) is 19.0. The lowest BCUT2D eigenvalue weighted by Crippen LogP contribution is -3.14. The number of quaternary nitrogens is 1. The van der Waals surface area contributed by atoms with Gasteiger partial charge in [-0.15, -0.1) is 5.10 Å². The van der Waals surface area contributed by atoms with Crippen LogP contribution in [-0.2, 0) is 6.67 Å². The van der Waals surface area contributed by atoms with E-state index in [1.54, 1.807) is 0 Å². The van der Waals surface area contributed by atoms with E-state index in [9.17, 15) is 4.39 Å². The van der Waals surface area contributed by atoms with Crippen LogP contribution in [0.5, 0.6) is 0 Å². The van der Waals surface area contributed by atoms with Gasteiger partial charge in [0.25, 0.3) is 0 Å². The quantitative estimate of drug-likeness (QED) is 0.627. The average molecular weight is 417 g/mol. The van der Waals surface area contributed by atoms with Gasteiger partial charge in [0.1, 0.15) is 5.82 Å². The second-order valence-corrected chi connectivity index (χ2v) is 8.66. The lowest BCUT2D eigenvalue weighted by atomic mass is 10.2. The van der Waals surface area contributed by atoms with Crippen molar-refractivity contribution in [1.29, 1.82) is 0 Å². The molecule has 146 valence electrons. The predicted molar refractivity (Wildman–Crippen MR) is 115 cm³/mol. The summed E-state index contributed by atoms with van der Waals surface area (Å²) in [5.41, 5.74) is 3.32. The van der Waals surface area contributed by atoms with E-state index in [4.69, 9.17) is 12.2 Å². The maximum absolute atomic E-state index is 13.1. The van der Waals surface area contributed by atoms with E-state index in [1.807, 2.05) is 28.9 Å². The van der Waals surface area contributed by atoms with Crippen LogP contribution in [0.15, 0.2) is 48.5 Å². The second kappa shape index (κ2) is 8.38. The van der Waals surface area contributed by atoms with Crippen LogP contribution >= 0.6 is 23.6 Å². The van der Waals surface area contributed by atoms with Crippen molar-refractivity contribution >= 4 is 40.1 Å². The first-order valence-electron chi connectivity index (χ1n) is 9.32. The first-order valence-corrected chi connectivity index (χ1v) is 10.5. The summed E-state index contributed by atoms with van der Waals surface area (Å²) in [6.45, 7) is 6.71. The normalized spacial score (nSPS) is 15.0. The molecule has 0 saturated carbocycles. The van der Waals surface area contributed by atoms with Crippen LogP contribution < -0.4 is 15.1 Å². The molecule has 0 amide bonds. The highest BCUT2D eigenvalue weighted by Crippen LogP contribution is 2.20. The largest absolute Gasteiger partial charge is 0.360 e. The number of aromatic nitrogens is 2. The number of anilines is 3. The van der Waals surface area contributed by atoms with E-state index in [0.717, 1.165) is 53.3 Å². The Balaban J connectivity index is 1.35. The minimum atomic E-state index is -0.194. The van der Waals surface area contributed by atoms with Crippen molar-refractivity contribution in [2.75, 3.05) is 36.4 Å². The van der Waals surface area contributed by atoms with Crippen molar-refractivity contribution in [3.8, 4) is 0 Å². The summed E-state index contributed by atoms with van der Waals surface area (Å²) < 4.78 is 15.8. The molecule has 0 aliphatic carbocycles. The van der Waals surface area contributed by atoms with Gasteiger partial charge in [0.05, 0.1) is 26.2 Å². The third-order valence-electron chi connectivity index (χ3n) is 4.94. The van der Waals surface area contributed by atoms with E-state index in [2.05, 4.69) is 34.4 Å². The van der Waals surface area contributed by atoms with Crippen LogP contribution in [0.1, 0.15) is 5.56 Å². The molecule has 0 atom stereocenters. The number of rotatable bonds is 5. The fourth-order valence-corrected chi connectivity index (χ4v) is 4.35. The Bertz CT molecular complexity index is 973. The highest BCUT2D eigenvalue weighted by Gasteiger charge is 2.21. The molecular formula is C20H23FN5S2+. The van der Waals surface area contributed by atoms with Crippen LogP contribution in [-0.4, -0.2) is 36.0 Å². The van der Waals surface area contributed by atoms with Crippen LogP contribution in [0, 0.1) is 16.7 Å². The molecule has 1 aliphatic rings. The SMILES string of the molecule is Cc1ccc(Nc2nn(C[NH+]3CCN(c4ccc(F)cc4)CC3)c(=S)s2)cc1. The van der Waals surface area contributed by atoms with Crippen molar-refractivity contribution in [2.45, 2.75) is 13.6 Å². The highest BCUT2D eigenvalue weighted by atomic mass is 32.1. The lowest BCUT2D eigenvalue weighted by Gasteiger charge is -2.33. The van der Waals surface area contributed by atoms with Gasteiger partial charge >= 0.3 is 0 Å². The van der Waals surface area contributed by atoms with Crippen LogP contribution in [0.4, 0.5) is 20.9 Å². The Hall–Kier alpha value is -2.29. The predicted octanol–water partition coefficient (Wildman–Crippen LogP) is 3.23. The number of aryl methyl sites for hydroxylation is 1. The fourth-order valence-electron chi connectivity index (χ4n) is 3.32. The van der Waals surface area contributed by atoms with Gasteiger partial charge in [-0.2, -0.15) is 4.68 Å². The van der Waals surface area contributed by atoms with Crippen LogP contribution in [0.25, 0.3) is 0 Å². The first-order chi connectivity index (χ1) is 13.6. The zero-order chi connectivity index (χ0) is 19.5. The summed E-state index contributed by atoms with van der Waals surface area (Å²) in [6.07, 6.45) is 0. The molecule has 5 nitrogen and oxygen atoms in total. The number of halogens is 1. The summed E-state index contributed by atoms with van der Waals surface area (Å²) in [6, 6.07) is 15.0. The second-order valence-electron chi connectivity index (χ2n) is 7.04. The van der Waals surface area contributed by atoms with Gasteiger partial charge in [-0.25, -0.2) is 4.39 Å². The molecular weight excluding hydrogens is 393 g/mol. The molecule has 2 aromatic carbocycles. The van der Waals surface area contributed by atoms with Gasteiger partial charge in [-0.1, -0.05) is 29.0 Å². The van der Waals surface area contributed by atoms with E-state index in [1.165, 1.54) is 33.9 Å². The maximum atomic E-state index is 13.1. The van der Waals surface area contributed by atoms with E-state index >= 15 is 0 Å². The van der Waals surface area contributed by atoms with Gasteiger partial charge < -0.3 is 15.1 Å². The molecule has 0 bridgehead atoms. The van der Waals surface area contributed by atoms with Crippen molar-refractivity contribution in [3.05, 3.63) is 63.9 Å². The average Bonchev–Trinajstić information content (AvgIpc) is 3.04. The summed E-state index contributed by atoms with van der Waals surface area (Å²) in [7, 11) is 0. The van der Waals surface area contributed by atoms with Gasteiger partial charge in [0.15, 0.2) is 10.6 Å². The van der Waals surface area contributed by atoms with Gasteiger partial charge in [-0.05, 0) is 55.5 Å². The molecule has 2 heterocycles. The molecule has 1 saturated heterocycles.